The number of aliphatic carboxylic acids is 2. The third-order valence-electron chi connectivity index (χ3n) is 4.80. The van der Waals surface area contributed by atoms with E-state index < -0.39 is 11.9 Å². The molecule has 0 unspecified atom stereocenters. The Kier molecular flexibility index (Phi) is 9.18. The number of carboxylic acid groups (broad SMARTS) is 2. The number of ether oxygens (including phenoxy) is 1. The Balaban J connectivity index is 0.000000438. The van der Waals surface area contributed by atoms with E-state index in [4.69, 9.17) is 24.5 Å². The van der Waals surface area contributed by atoms with Gasteiger partial charge in [0.1, 0.15) is 12.4 Å². The van der Waals surface area contributed by atoms with Crippen LogP contribution in [0.5, 0.6) is 5.75 Å². The highest BCUT2D eigenvalue weighted by atomic mass is 16.5. The number of aryl methyl sites for hydroxylation is 1. The van der Waals surface area contributed by atoms with Crippen LogP contribution in [0.15, 0.2) is 48.5 Å². The molecule has 1 aliphatic rings. The van der Waals surface area contributed by atoms with Gasteiger partial charge in [0.05, 0.1) is 0 Å². The van der Waals surface area contributed by atoms with Gasteiger partial charge in [-0.1, -0.05) is 49.7 Å². The van der Waals surface area contributed by atoms with Gasteiger partial charge >= 0.3 is 11.9 Å². The van der Waals surface area contributed by atoms with Crippen molar-refractivity contribution in [1.82, 2.24) is 4.90 Å². The van der Waals surface area contributed by atoms with Crippen molar-refractivity contribution in [2.24, 2.45) is 0 Å². The van der Waals surface area contributed by atoms with E-state index in [9.17, 15) is 0 Å². The molecule has 0 saturated carbocycles. The lowest BCUT2D eigenvalue weighted by Gasteiger charge is -2.26. The zero-order valence-electron chi connectivity index (χ0n) is 16.8. The molecule has 0 spiro atoms. The standard InChI is InChI=1S/C21H27NO.C2H2O4/c1-2-18-10-12-21(13-11-18)23-17-20-8-6-19(7-9-20)16-22-14-4-3-5-15-22;3-1(4)2(5)6/h6-13H,2-5,14-17H2,1H3;(H,3,4)(H,5,6). The number of hydrogen-bond acceptors (Lipinski definition) is 4. The second-order valence-electron chi connectivity index (χ2n) is 7.05. The Morgan fingerprint density at radius 3 is 1.86 bits per heavy atom. The van der Waals surface area contributed by atoms with Gasteiger partial charge in [0.25, 0.3) is 0 Å². The molecule has 1 saturated heterocycles. The predicted octanol–water partition coefficient (Wildman–Crippen LogP) is 3.97. The average molecular weight is 399 g/mol. The predicted molar refractivity (Wildman–Crippen MR) is 111 cm³/mol. The van der Waals surface area contributed by atoms with E-state index in [0.29, 0.717) is 6.61 Å². The van der Waals surface area contributed by atoms with Gasteiger partial charge in [-0.05, 0) is 61.2 Å². The van der Waals surface area contributed by atoms with Crippen LogP contribution in [0, 0.1) is 0 Å². The Morgan fingerprint density at radius 2 is 1.34 bits per heavy atom. The Labute approximate surface area is 171 Å². The number of benzene rings is 2. The molecule has 2 aromatic rings. The number of carboxylic acids is 2. The quantitative estimate of drug-likeness (QED) is 0.715. The number of hydrogen-bond donors (Lipinski definition) is 2. The molecule has 6 nitrogen and oxygen atoms in total. The Hall–Kier alpha value is -2.86. The number of rotatable bonds is 6. The fourth-order valence-corrected chi connectivity index (χ4v) is 3.10. The van der Waals surface area contributed by atoms with E-state index in [1.807, 2.05) is 0 Å². The fourth-order valence-electron chi connectivity index (χ4n) is 3.10. The first kappa shape index (κ1) is 22.4. The van der Waals surface area contributed by atoms with Crippen LogP contribution >= 0.6 is 0 Å². The van der Waals surface area contributed by atoms with Crippen LogP contribution in [-0.2, 0) is 29.2 Å². The lowest BCUT2D eigenvalue weighted by molar-refractivity contribution is -0.159. The van der Waals surface area contributed by atoms with Gasteiger partial charge in [0, 0.05) is 6.54 Å². The smallest absolute Gasteiger partial charge is 0.414 e. The minimum Gasteiger partial charge on any atom is -0.489 e. The fraction of sp³-hybridized carbons (Fsp3) is 0.391. The summed E-state index contributed by atoms with van der Waals surface area (Å²) in [4.78, 5) is 20.8. The minimum atomic E-state index is -1.82. The zero-order valence-corrected chi connectivity index (χ0v) is 16.8. The van der Waals surface area contributed by atoms with Crippen molar-refractivity contribution in [3.63, 3.8) is 0 Å². The summed E-state index contributed by atoms with van der Waals surface area (Å²) in [6.45, 7) is 6.38. The van der Waals surface area contributed by atoms with E-state index in [2.05, 4.69) is 60.4 Å². The molecule has 0 aromatic heterocycles. The van der Waals surface area contributed by atoms with Crippen LogP contribution in [0.2, 0.25) is 0 Å². The van der Waals surface area contributed by atoms with Gasteiger partial charge in [-0.15, -0.1) is 0 Å². The Morgan fingerprint density at radius 1 is 0.828 bits per heavy atom. The average Bonchev–Trinajstić information content (AvgIpc) is 2.75. The van der Waals surface area contributed by atoms with Crippen LogP contribution < -0.4 is 4.74 Å². The molecule has 0 bridgehead atoms. The highest BCUT2D eigenvalue weighted by Crippen LogP contribution is 2.16. The number of nitrogens with zero attached hydrogens (tertiary/aromatic N) is 1. The monoisotopic (exact) mass is 399 g/mol. The molecule has 1 fully saturated rings. The first-order valence-electron chi connectivity index (χ1n) is 9.96. The van der Waals surface area contributed by atoms with Crippen molar-refractivity contribution >= 4 is 11.9 Å². The van der Waals surface area contributed by atoms with Crippen LogP contribution in [0.1, 0.15) is 42.9 Å². The normalized spacial score (nSPS) is 13.8. The Bertz CT molecular complexity index is 753. The van der Waals surface area contributed by atoms with Crippen LogP contribution in [0.25, 0.3) is 0 Å². The molecule has 0 aliphatic carbocycles. The van der Waals surface area contributed by atoms with Crippen LogP contribution in [0.3, 0.4) is 0 Å². The molecule has 0 atom stereocenters. The number of likely N-dealkylation sites (tertiary alicyclic amines) is 1. The summed E-state index contributed by atoms with van der Waals surface area (Å²) in [5, 5.41) is 14.8. The maximum absolute atomic E-state index is 9.10. The highest BCUT2D eigenvalue weighted by Gasteiger charge is 2.10. The molecule has 0 radical (unpaired) electrons. The lowest BCUT2D eigenvalue weighted by Crippen LogP contribution is -2.29. The molecule has 3 rings (SSSR count). The first-order chi connectivity index (χ1) is 14.0. The largest absolute Gasteiger partial charge is 0.489 e. The van der Waals surface area contributed by atoms with Crippen molar-refractivity contribution in [1.29, 1.82) is 0 Å². The molecule has 29 heavy (non-hydrogen) atoms. The maximum atomic E-state index is 9.10. The number of carbonyl (C=O) groups is 2. The summed E-state index contributed by atoms with van der Waals surface area (Å²) < 4.78 is 5.87. The highest BCUT2D eigenvalue weighted by molar-refractivity contribution is 6.27. The van der Waals surface area contributed by atoms with E-state index in [0.717, 1.165) is 18.7 Å². The second kappa shape index (κ2) is 11.9. The molecule has 1 heterocycles. The van der Waals surface area contributed by atoms with Crippen molar-refractivity contribution < 1.29 is 24.5 Å². The topological polar surface area (TPSA) is 87.1 Å². The summed E-state index contributed by atoms with van der Waals surface area (Å²) in [7, 11) is 0. The van der Waals surface area contributed by atoms with Crippen molar-refractivity contribution in [2.45, 2.75) is 45.8 Å². The van der Waals surface area contributed by atoms with Crippen LogP contribution in [-0.4, -0.2) is 40.1 Å². The van der Waals surface area contributed by atoms with Gasteiger partial charge in [0.2, 0.25) is 0 Å². The number of piperidine rings is 1. The summed E-state index contributed by atoms with van der Waals surface area (Å²) in [6.07, 6.45) is 5.16. The SMILES string of the molecule is CCc1ccc(OCc2ccc(CN3CCCCC3)cc2)cc1.O=C(O)C(=O)O. The van der Waals surface area contributed by atoms with Crippen molar-refractivity contribution in [3.05, 3.63) is 65.2 Å². The minimum absolute atomic E-state index is 0.634. The third-order valence-corrected chi connectivity index (χ3v) is 4.80. The van der Waals surface area contributed by atoms with Crippen LogP contribution in [0.4, 0.5) is 0 Å². The molecule has 6 heteroatoms. The molecular formula is C23H29NO5. The summed E-state index contributed by atoms with van der Waals surface area (Å²) in [5.74, 6) is -2.70. The second-order valence-corrected chi connectivity index (χ2v) is 7.05. The van der Waals surface area contributed by atoms with Crippen molar-refractivity contribution in [2.75, 3.05) is 13.1 Å². The molecule has 0 amide bonds. The zero-order chi connectivity index (χ0) is 21.1. The lowest BCUT2D eigenvalue weighted by atomic mass is 10.1. The van der Waals surface area contributed by atoms with Gasteiger partial charge in [0.15, 0.2) is 0 Å². The molecule has 156 valence electrons. The van der Waals surface area contributed by atoms with Gasteiger partial charge < -0.3 is 14.9 Å². The van der Waals surface area contributed by atoms with E-state index in [1.54, 1.807) is 0 Å². The summed E-state index contributed by atoms with van der Waals surface area (Å²) in [6, 6.07) is 17.3. The molecule has 1 aliphatic heterocycles. The van der Waals surface area contributed by atoms with E-state index in [1.165, 1.54) is 49.0 Å². The summed E-state index contributed by atoms with van der Waals surface area (Å²) in [5.41, 5.74) is 3.98. The maximum Gasteiger partial charge on any atom is 0.414 e. The van der Waals surface area contributed by atoms with Gasteiger partial charge in [-0.3, -0.25) is 4.90 Å². The molecule has 2 aromatic carbocycles. The van der Waals surface area contributed by atoms with Gasteiger partial charge in [-0.2, -0.15) is 0 Å². The molecule has 2 N–H and O–H groups in total. The third kappa shape index (κ3) is 8.35. The van der Waals surface area contributed by atoms with E-state index >= 15 is 0 Å². The molecular weight excluding hydrogens is 370 g/mol. The summed E-state index contributed by atoms with van der Waals surface area (Å²) >= 11 is 0. The van der Waals surface area contributed by atoms with Gasteiger partial charge in [-0.25, -0.2) is 9.59 Å². The van der Waals surface area contributed by atoms with Crippen molar-refractivity contribution in [3.8, 4) is 5.75 Å². The first-order valence-corrected chi connectivity index (χ1v) is 9.96. The van der Waals surface area contributed by atoms with E-state index in [-0.39, 0.29) is 0 Å².